The van der Waals surface area contributed by atoms with Crippen LogP contribution in [0.25, 0.3) is 0 Å². The van der Waals surface area contributed by atoms with Gasteiger partial charge in [0.05, 0.1) is 5.75 Å². The Bertz CT molecular complexity index is 399. The monoisotopic (exact) mass is 313 g/mol. The standard InChI is InChI=1S/C9H19N3O5S2/c1-18-5-3-7(8(13)14)12-9(15)11-4-2-6-19(10,16)17/h7H,2-6H2,1H3,(H,13,14)(H2,10,16,17)(H2,11,12,15)/t7-/m1/s1. The molecule has 0 saturated carbocycles. The van der Waals surface area contributed by atoms with Gasteiger partial charge in [-0.3, -0.25) is 0 Å². The highest BCUT2D eigenvalue weighted by atomic mass is 32.2. The van der Waals surface area contributed by atoms with Crippen LogP contribution in [0.1, 0.15) is 12.8 Å². The van der Waals surface area contributed by atoms with E-state index in [4.69, 9.17) is 10.2 Å². The predicted molar refractivity (Wildman–Crippen MR) is 73.5 cm³/mol. The number of primary sulfonamides is 1. The first-order valence-corrected chi connectivity index (χ1v) is 8.63. The van der Waals surface area contributed by atoms with Gasteiger partial charge in [0.2, 0.25) is 10.0 Å². The number of carbonyl (C=O) groups excluding carboxylic acids is 1. The lowest BCUT2D eigenvalue weighted by Gasteiger charge is -2.14. The zero-order valence-electron chi connectivity index (χ0n) is 10.6. The van der Waals surface area contributed by atoms with Gasteiger partial charge in [-0.15, -0.1) is 0 Å². The van der Waals surface area contributed by atoms with E-state index in [0.717, 1.165) is 0 Å². The average Bonchev–Trinajstić information content (AvgIpc) is 2.28. The maximum absolute atomic E-state index is 11.4. The van der Waals surface area contributed by atoms with Gasteiger partial charge in [-0.05, 0) is 24.9 Å². The highest BCUT2D eigenvalue weighted by Crippen LogP contribution is 2.00. The van der Waals surface area contributed by atoms with E-state index >= 15 is 0 Å². The fourth-order valence-electron chi connectivity index (χ4n) is 1.18. The van der Waals surface area contributed by atoms with Crippen LogP contribution in [-0.2, 0) is 14.8 Å². The fraction of sp³-hybridized carbons (Fsp3) is 0.778. The molecule has 0 aromatic heterocycles. The molecule has 0 fully saturated rings. The molecule has 0 aliphatic rings. The Morgan fingerprint density at radius 3 is 2.53 bits per heavy atom. The van der Waals surface area contributed by atoms with Crippen LogP contribution in [0.4, 0.5) is 4.79 Å². The van der Waals surface area contributed by atoms with Crippen LogP contribution in [0.2, 0.25) is 0 Å². The topological polar surface area (TPSA) is 139 Å². The molecule has 19 heavy (non-hydrogen) atoms. The predicted octanol–water partition coefficient (Wildman–Crippen LogP) is -0.829. The van der Waals surface area contributed by atoms with E-state index in [1.165, 1.54) is 11.8 Å². The molecular weight excluding hydrogens is 294 g/mol. The van der Waals surface area contributed by atoms with Crippen molar-refractivity contribution in [2.24, 2.45) is 5.14 Å². The second-order valence-electron chi connectivity index (χ2n) is 3.79. The molecule has 10 heteroatoms. The molecule has 0 heterocycles. The second kappa shape index (κ2) is 8.99. The van der Waals surface area contributed by atoms with Crippen molar-refractivity contribution in [1.29, 1.82) is 0 Å². The van der Waals surface area contributed by atoms with Crippen LogP contribution in [-0.4, -0.2) is 55.9 Å². The third-order valence-corrected chi connectivity index (χ3v) is 3.61. The molecule has 0 saturated heterocycles. The number of sulfonamides is 1. The minimum atomic E-state index is -3.54. The van der Waals surface area contributed by atoms with Gasteiger partial charge < -0.3 is 15.7 Å². The number of hydrogen-bond acceptors (Lipinski definition) is 5. The molecule has 0 bridgehead atoms. The van der Waals surface area contributed by atoms with Crippen molar-refractivity contribution in [2.45, 2.75) is 18.9 Å². The lowest BCUT2D eigenvalue weighted by molar-refractivity contribution is -0.139. The van der Waals surface area contributed by atoms with Crippen molar-refractivity contribution in [2.75, 3.05) is 24.3 Å². The number of carbonyl (C=O) groups is 2. The number of nitrogens with one attached hydrogen (secondary N) is 2. The van der Waals surface area contributed by atoms with Crippen molar-refractivity contribution >= 4 is 33.8 Å². The first kappa shape index (κ1) is 18.0. The van der Waals surface area contributed by atoms with Crippen molar-refractivity contribution in [1.82, 2.24) is 10.6 Å². The molecule has 8 nitrogen and oxygen atoms in total. The van der Waals surface area contributed by atoms with Gasteiger partial charge >= 0.3 is 12.0 Å². The first-order chi connectivity index (χ1) is 8.76. The summed E-state index contributed by atoms with van der Waals surface area (Å²) in [7, 11) is -3.54. The van der Waals surface area contributed by atoms with E-state index < -0.39 is 28.1 Å². The Morgan fingerprint density at radius 1 is 1.42 bits per heavy atom. The molecule has 0 spiro atoms. The Balaban J connectivity index is 3.96. The Kier molecular flexibility index (Phi) is 8.52. The molecule has 0 aliphatic carbocycles. The quantitative estimate of drug-likeness (QED) is 0.410. The minimum Gasteiger partial charge on any atom is -0.480 e. The Morgan fingerprint density at radius 2 is 2.05 bits per heavy atom. The normalized spacial score (nSPS) is 12.7. The number of nitrogens with two attached hydrogens (primary N) is 1. The highest BCUT2D eigenvalue weighted by Gasteiger charge is 2.18. The summed E-state index contributed by atoms with van der Waals surface area (Å²) in [5.74, 6) is -0.723. The van der Waals surface area contributed by atoms with E-state index in [2.05, 4.69) is 10.6 Å². The van der Waals surface area contributed by atoms with Crippen molar-refractivity contribution in [3.63, 3.8) is 0 Å². The fourth-order valence-corrected chi connectivity index (χ4v) is 2.20. The zero-order valence-corrected chi connectivity index (χ0v) is 12.2. The van der Waals surface area contributed by atoms with Gasteiger partial charge in [0.15, 0.2) is 0 Å². The van der Waals surface area contributed by atoms with E-state index in [0.29, 0.717) is 12.2 Å². The average molecular weight is 313 g/mol. The molecule has 0 aromatic carbocycles. The molecule has 0 unspecified atom stereocenters. The molecule has 5 N–H and O–H groups in total. The summed E-state index contributed by atoms with van der Waals surface area (Å²) in [5, 5.41) is 18.4. The van der Waals surface area contributed by atoms with Crippen molar-refractivity contribution in [3.8, 4) is 0 Å². The summed E-state index contributed by atoms with van der Waals surface area (Å²) >= 11 is 1.48. The SMILES string of the molecule is CSCC[C@@H](NC(=O)NCCCS(N)(=O)=O)C(=O)O. The van der Waals surface area contributed by atoms with Crippen LogP contribution in [0.5, 0.6) is 0 Å². The first-order valence-electron chi connectivity index (χ1n) is 5.53. The zero-order chi connectivity index (χ0) is 14.9. The summed E-state index contributed by atoms with van der Waals surface area (Å²) in [6, 6.07) is -1.59. The molecule has 0 aromatic rings. The second-order valence-corrected chi connectivity index (χ2v) is 6.51. The third kappa shape index (κ3) is 10.6. The van der Waals surface area contributed by atoms with E-state index in [1.807, 2.05) is 6.26 Å². The van der Waals surface area contributed by atoms with Crippen molar-refractivity contribution < 1.29 is 23.1 Å². The van der Waals surface area contributed by atoms with Gasteiger partial charge in [-0.25, -0.2) is 23.1 Å². The molecule has 0 radical (unpaired) electrons. The van der Waals surface area contributed by atoms with E-state index in [1.54, 1.807) is 0 Å². The van der Waals surface area contributed by atoms with Crippen LogP contribution < -0.4 is 15.8 Å². The number of urea groups is 1. The number of carboxylic acids is 1. The molecule has 2 amide bonds. The largest absolute Gasteiger partial charge is 0.480 e. The number of thioether (sulfide) groups is 1. The van der Waals surface area contributed by atoms with E-state index in [9.17, 15) is 18.0 Å². The Hall–Kier alpha value is -1.00. The number of carboxylic acid groups (broad SMARTS) is 1. The summed E-state index contributed by atoms with van der Waals surface area (Å²) in [6.45, 7) is 0.108. The van der Waals surface area contributed by atoms with Gasteiger partial charge in [0, 0.05) is 6.54 Å². The summed E-state index contributed by atoms with van der Waals surface area (Å²) < 4.78 is 21.3. The number of rotatable bonds is 9. The van der Waals surface area contributed by atoms with Gasteiger partial charge in [0.1, 0.15) is 6.04 Å². The molecular formula is C9H19N3O5S2. The van der Waals surface area contributed by atoms with Gasteiger partial charge in [-0.2, -0.15) is 11.8 Å². The number of amides is 2. The maximum atomic E-state index is 11.4. The lowest BCUT2D eigenvalue weighted by Crippen LogP contribution is -2.46. The molecule has 0 aliphatic heterocycles. The Labute approximate surface area is 116 Å². The molecule has 0 rings (SSSR count). The molecule has 1 atom stereocenters. The summed E-state index contributed by atoms with van der Waals surface area (Å²) in [6.07, 6.45) is 2.34. The van der Waals surface area contributed by atoms with Gasteiger partial charge in [0.25, 0.3) is 0 Å². The smallest absolute Gasteiger partial charge is 0.326 e. The minimum absolute atomic E-state index is 0.108. The molecule has 112 valence electrons. The maximum Gasteiger partial charge on any atom is 0.326 e. The summed E-state index contributed by atoms with van der Waals surface area (Å²) in [4.78, 5) is 22.2. The number of aliphatic carboxylic acids is 1. The van der Waals surface area contributed by atoms with Gasteiger partial charge in [-0.1, -0.05) is 0 Å². The van der Waals surface area contributed by atoms with Crippen LogP contribution in [0.15, 0.2) is 0 Å². The van der Waals surface area contributed by atoms with Crippen molar-refractivity contribution in [3.05, 3.63) is 0 Å². The lowest BCUT2D eigenvalue weighted by atomic mass is 10.2. The highest BCUT2D eigenvalue weighted by molar-refractivity contribution is 7.98. The third-order valence-electron chi connectivity index (χ3n) is 2.11. The van der Waals surface area contributed by atoms with Crippen LogP contribution >= 0.6 is 11.8 Å². The summed E-state index contributed by atoms with van der Waals surface area (Å²) in [5.41, 5.74) is 0. The van der Waals surface area contributed by atoms with Crippen LogP contribution in [0, 0.1) is 0 Å². The van der Waals surface area contributed by atoms with E-state index in [-0.39, 0.29) is 18.7 Å². The number of hydrogen-bond donors (Lipinski definition) is 4. The van der Waals surface area contributed by atoms with Crippen LogP contribution in [0.3, 0.4) is 0 Å².